The number of nitrogens with zero attached hydrogens (tertiary/aromatic N) is 2. The SMILES string of the molecule is COc1ccc(C(OCCS(=O)(=O)C(COP(=O)(O)O)(OCCC#N)N(C(C)C)C(C)C)(c2ccccc2)c2ccc(OC)cc2)cc1. The minimum absolute atomic E-state index is 0.167. The highest BCUT2D eigenvalue weighted by Crippen LogP contribution is 2.43. The average molecular weight is 705 g/mol. The van der Waals surface area contributed by atoms with E-state index in [0.29, 0.717) is 28.2 Å². The standard InChI is InChI=1S/C34H45N2O10PS/c1-26(2)36(27(3)4)33(44-22-10-21-35,25-46-47(37,38)39)48(40,41)24-23-45-34(28-11-8-7-9-12-28,29-13-17-31(42-5)18-14-29)30-15-19-32(43-6)20-16-30/h7-9,11-20,26-27H,10,22-25H2,1-6H3,(H2,37,38,39). The lowest BCUT2D eigenvalue weighted by Gasteiger charge is -2.46. The number of hydrogen-bond donors (Lipinski definition) is 2. The van der Waals surface area contributed by atoms with Gasteiger partial charge in [-0.15, -0.1) is 0 Å². The Kier molecular flexibility index (Phi) is 13.8. The fourth-order valence-corrected chi connectivity index (χ4v) is 8.17. The molecule has 0 saturated heterocycles. The molecule has 2 N–H and O–H groups in total. The van der Waals surface area contributed by atoms with Gasteiger partial charge in [-0.2, -0.15) is 5.26 Å². The Bertz CT molecular complexity index is 1580. The van der Waals surface area contributed by atoms with Gasteiger partial charge in [-0.3, -0.25) is 9.42 Å². The van der Waals surface area contributed by atoms with Crippen molar-refractivity contribution < 1.29 is 46.2 Å². The quantitative estimate of drug-likeness (QED) is 0.0723. The molecular formula is C34H45N2O10PS. The van der Waals surface area contributed by atoms with E-state index in [9.17, 15) is 28.0 Å². The predicted octanol–water partition coefficient (Wildman–Crippen LogP) is 5.24. The van der Waals surface area contributed by atoms with Crippen LogP contribution in [0, 0.1) is 11.3 Å². The van der Waals surface area contributed by atoms with Gasteiger partial charge in [0.2, 0.25) is 0 Å². The van der Waals surface area contributed by atoms with E-state index in [1.807, 2.05) is 60.7 Å². The topological polar surface area (TPSA) is 165 Å². The molecule has 0 aliphatic heterocycles. The summed E-state index contributed by atoms with van der Waals surface area (Å²) in [6.07, 6.45) is -0.167. The zero-order valence-corrected chi connectivity index (χ0v) is 29.8. The first-order valence-electron chi connectivity index (χ1n) is 15.4. The van der Waals surface area contributed by atoms with Crippen LogP contribution in [0.25, 0.3) is 0 Å². The highest BCUT2D eigenvalue weighted by atomic mass is 32.2. The molecule has 0 fully saturated rings. The van der Waals surface area contributed by atoms with Crippen molar-refractivity contribution in [3.8, 4) is 17.6 Å². The third-order valence-corrected chi connectivity index (χ3v) is 10.4. The summed E-state index contributed by atoms with van der Waals surface area (Å²) in [4.78, 5) is 20.8. The molecule has 3 aromatic rings. The second kappa shape index (κ2) is 16.9. The molecule has 0 aliphatic carbocycles. The number of phosphoric acid groups is 1. The van der Waals surface area contributed by atoms with Crippen molar-refractivity contribution in [1.29, 1.82) is 5.26 Å². The molecule has 0 bridgehead atoms. The van der Waals surface area contributed by atoms with Crippen LogP contribution in [0.2, 0.25) is 0 Å². The normalized spacial score (nSPS) is 13.8. The second-order valence-electron chi connectivity index (χ2n) is 11.5. The van der Waals surface area contributed by atoms with Crippen LogP contribution in [0.5, 0.6) is 11.5 Å². The monoisotopic (exact) mass is 704 g/mol. The van der Waals surface area contributed by atoms with Crippen LogP contribution in [-0.4, -0.2) is 80.0 Å². The summed E-state index contributed by atoms with van der Waals surface area (Å²) in [5.41, 5.74) is 0.761. The van der Waals surface area contributed by atoms with Gasteiger partial charge in [0.15, 0.2) is 9.84 Å². The maximum absolute atomic E-state index is 14.6. The smallest absolute Gasteiger partial charge is 0.469 e. The highest BCUT2D eigenvalue weighted by Gasteiger charge is 2.53. The second-order valence-corrected chi connectivity index (χ2v) is 15.0. The minimum atomic E-state index is -5.15. The lowest BCUT2D eigenvalue weighted by atomic mass is 9.80. The Balaban J connectivity index is 2.20. The molecule has 0 radical (unpaired) electrons. The van der Waals surface area contributed by atoms with E-state index in [1.54, 1.807) is 66.2 Å². The molecule has 0 spiro atoms. The van der Waals surface area contributed by atoms with Crippen LogP contribution in [-0.2, 0) is 34.0 Å². The zero-order chi connectivity index (χ0) is 35.6. The van der Waals surface area contributed by atoms with Gasteiger partial charge in [-0.1, -0.05) is 54.6 Å². The van der Waals surface area contributed by atoms with Crippen LogP contribution in [0.4, 0.5) is 0 Å². The first-order chi connectivity index (χ1) is 22.7. The Morgan fingerprint density at radius 2 is 1.27 bits per heavy atom. The van der Waals surface area contributed by atoms with Crippen LogP contribution in [0.1, 0.15) is 50.8 Å². The summed E-state index contributed by atoms with van der Waals surface area (Å²) in [6.45, 7) is 5.22. The minimum Gasteiger partial charge on any atom is -0.497 e. The van der Waals surface area contributed by atoms with E-state index in [0.717, 1.165) is 0 Å². The highest BCUT2D eigenvalue weighted by molar-refractivity contribution is 7.92. The molecule has 3 rings (SSSR count). The van der Waals surface area contributed by atoms with E-state index in [4.69, 9.17) is 23.5 Å². The molecule has 1 atom stereocenters. The van der Waals surface area contributed by atoms with Gasteiger partial charge in [-0.05, 0) is 68.7 Å². The van der Waals surface area contributed by atoms with Crippen molar-refractivity contribution in [2.24, 2.45) is 0 Å². The van der Waals surface area contributed by atoms with Crippen molar-refractivity contribution in [3.05, 3.63) is 95.6 Å². The van der Waals surface area contributed by atoms with Gasteiger partial charge in [0.1, 0.15) is 23.7 Å². The predicted molar refractivity (Wildman–Crippen MR) is 181 cm³/mol. The summed E-state index contributed by atoms with van der Waals surface area (Å²) < 4.78 is 69.4. The van der Waals surface area contributed by atoms with Crippen molar-refractivity contribution in [1.82, 2.24) is 4.90 Å². The van der Waals surface area contributed by atoms with Gasteiger partial charge >= 0.3 is 7.82 Å². The van der Waals surface area contributed by atoms with Crippen LogP contribution >= 0.6 is 7.82 Å². The molecular weight excluding hydrogens is 659 g/mol. The van der Waals surface area contributed by atoms with E-state index in [1.165, 1.54) is 4.90 Å². The molecule has 12 nitrogen and oxygen atoms in total. The third kappa shape index (κ3) is 9.02. The number of sulfone groups is 1. The van der Waals surface area contributed by atoms with E-state index in [2.05, 4.69) is 0 Å². The Labute approximate surface area is 283 Å². The third-order valence-electron chi connectivity index (χ3n) is 7.79. The zero-order valence-electron chi connectivity index (χ0n) is 28.1. The molecule has 3 aromatic carbocycles. The summed E-state index contributed by atoms with van der Waals surface area (Å²) >= 11 is 0. The van der Waals surface area contributed by atoms with Crippen LogP contribution in [0.3, 0.4) is 0 Å². The van der Waals surface area contributed by atoms with Crippen LogP contribution in [0.15, 0.2) is 78.9 Å². The molecule has 14 heteroatoms. The maximum Gasteiger partial charge on any atom is 0.469 e. The lowest BCUT2D eigenvalue weighted by molar-refractivity contribution is -0.141. The van der Waals surface area contributed by atoms with Crippen molar-refractivity contribution in [2.45, 2.75) is 56.9 Å². The van der Waals surface area contributed by atoms with E-state index < -0.39 is 52.8 Å². The first kappa shape index (κ1) is 39.1. The summed E-state index contributed by atoms with van der Waals surface area (Å²) in [7, 11) is -6.53. The van der Waals surface area contributed by atoms with Gasteiger partial charge in [0.05, 0.1) is 45.7 Å². The molecule has 0 aliphatic rings. The van der Waals surface area contributed by atoms with Gasteiger partial charge in [0.25, 0.3) is 5.06 Å². The number of rotatable bonds is 19. The molecule has 262 valence electrons. The number of hydrogen-bond acceptors (Lipinski definition) is 10. The van der Waals surface area contributed by atoms with Gasteiger partial charge in [0, 0.05) is 12.1 Å². The van der Waals surface area contributed by atoms with E-state index >= 15 is 0 Å². The molecule has 48 heavy (non-hydrogen) atoms. The summed E-state index contributed by atoms with van der Waals surface area (Å²) in [5.74, 6) is 0.593. The molecule has 0 heterocycles. The summed E-state index contributed by atoms with van der Waals surface area (Å²) in [6, 6.07) is 24.8. The van der Waals surface area contributed by atoms with Gasteiger partial charge < -0.3 is 28.7 Å². The summed E-state index contributed by atoms with van der Waals surface area (Å²) in [5, 5.41) is 6.85. The average Bonchev–Trinajstić information content (AvgIpc) is 3.05. The molecule has 0 saturated carbocycles. The Morgan fingerprint density at radius 1 is 0.792 bits per heavy atom. The fraction of sp³-hybridized carbons (Fsp3) is 0.441. The number of benzene rings is 3. The van der Waals surface area contributed by atoms with Crippen molar-refractivity contribution in [3.63, 3.8) is 0 Å². The maximum atomic E-state index is 14.6. The van der Waals surface area contributed by atoms with E-state index in [-0.39, 0.29) is 19.6 Å². The fourth-order valence-electron chi connectivity index (χ4n) is 5.87. The molecule has 0 aromatic heterocycles. The molecule has 1 unspecified atom stereocenters. The Hall–Kier alpha value is -3.31. The van der Waals surface area contributed by atoms with Crippen molar-refractivity contribution in [2.75, 3.05) is 39.8 Å². The number of phosphoric ester groups is 1. The van der Waals surface area contributed by atoms with Gasteiger partial charge in [-0.25, -0.2) is 13.0 Å². The number of nitriles is 1. The number of methoxy groups -OCH3 is 2. The largest absolute Gasteiger partial charge is 0.497 e. The van der Waals surface area contributed by atoms with Crippen LogP contribution < -0.4 is 9.47 Å². The lowest BCUT2D eigenvalue weighted by Crippen LogP contribution is -2.64. The Morgan fingerprint density at radius 3 is 1.69 bits per heavy atom. The number of ether oxygens (including phenoxy) is 4. The molecule has 0 amide bonds. The van der Waals surface area contributed by atoms with Crippen molar-refractivity contribution >= 4 is 17.7 Å². The first-order valence-corrected chi connectivity index (χ1v) is 18.6.